The van der Waals surface area contributed by atoms with Gasteiger partial charge in [-0.3, -0.25) is 4.79 Å². The number of hydrogen-bond donors (Lipinski definition) is 2. The molecule has 0 spiro atoms. The van der Waals surface area contributed by atoms with Crippen molar-refractivity contribution < 1.29 is 9.90 Å². The van der Waals surface area contributed by atoms with Gasteiger partial charge in [0.1, 0.15) is 0 Å². The van der Waals surface area contributed by atoms with E-state index in [0.29, 0.717) is 12.3 Å². The number of aliphatic hydroxyl groups is 1. The summed E-state index contributed by atoms with van der Waals surface area (Å²) in [4.78, 5) is 13.1. The molecule has 1 amide bonds. The number of hydrogen-bond acceptors (Lipinski definition) is 3. The summed E-state index contributed by atoms with van der Waals surface area (Å²) in [6, 6.07) is 7.66. The predicted molar refractivity (Wildman–Crippen MR) is 77.9 cm³/mol. The Balaban J connectivity index is 2.86. The van der Waals surface area contributed by atoms with Gasteiger partial charge in [0, 0.05) is 12.2 Å². The van der Waals surface area contributed by atoms with Crippen LogP contribution in [-0.2, 0) is 4.79 Å². The van der Waals surface area contributed by atoms with E-state index in [-0.39, 0.29) is 12.5 Å². The predicted octanol–water partition coefficient (Wildman–Crippen LogP) is 2.08. The van der Waals surface area contributed by atoms with Crippen LogP contribution in [0.4, 0.5) is 5.69 Å². The maximum Gasteiger partial charge on any atom is 0.236 e. The van der Waals surface area contributed by atoms with Crippen LogP contribution in [0, 0.1) is 5.92 Å². The first-order chi connectivity index (χ1) is 8.93. The van der Waals surface area contributed by atoms with Gasteiger partial charge in [-0.2, -0.15) is 0 Å². The van der Waals surface area contributed by atoms with E-state index >= 15 is 0 Å². The zero-order chi connectivity index (χ0) is 14.4. The summed E-state index contributed by atoms with van der Waals surface area (Å²) in [5.74, 6) is 0.110. The van der Waals surface area contributed by atoms with Gasteiger partial charge in [-0.15, -0.1) is 0 Å². The number of anilines is 1. The molecule has 0 radical (unpaired) electrons. The highest BCUT2D eigenvalue weighted by Crippen LogP contribution is 2.21. The molecule has 4 nitrogen and oxygen atoms in total. The van der Waals surface area contributed by atoms with Crippen LogP contribution in [0.15, 0.2) is 24.3 Å². The highest BCUT2D eigenvalue weighted by atomic mass is 16.3. The third-order valence-electron chi connectivity index (χ3n) is 2.96. The molecule has 0 saturated heterocycles. The molecule has 1 rings (SSSR count). The minimum atomic E-state index is -0.427. The van der Waals surface area contributed by atoms with Crippen molar-refractivity contribution in [1.29, 1.82) is 0 Å². The lowest BCUT2D eigenvalue weighted by Gasteiger charge is -2.25. The number of carbonyl (C=O) groups excluding carboxylic acids is 1. The van der Waals surface area contributed by atoms with E-state index in [0.717, 1.165) is 17.8 Å². The van der Waals surface area contributed by atoms with E-state index in [1.165, 1.54) is 0 Å². The van der Waals surface area contributed by atoms with E-state index in [9.17, 15) is 9.90 Å². The Bertz CT molecular complexity index is 401. The average molecular weight is 264 g/mol. The number of nitrogens with zero attached hydrogens (tertiary/aromatic N) is 1. The van der Waals surface area contributed by atoms with E-state index in [1.807, 2.05) is 36.1 Å². The second-order valence-corrected chi connectivity index (χ2v) is 5.26. The Kier molecular flexibility index (Phi) is 5.83. The summed E-state index contributed by atoms with van der Waals surface area (Å²) in [6.07, 6.45) is 0.264. The third kappa shape index (κ3) is 4.91. The Hall–Kier alpha value is -1.55. The first-order valence-corrected chi connectivity index (χ1v) is 6.75. The maximum absolute atomic E-state index is 11.1. The lowest BCUT2D eigenvalue weighted by Crippen LogP contribution is -2.36. The Morgan fingerprint density at radius 2 is 1.89 bits per heavy atom. The minimum absolute atomic E-state index is 0.216. The standard InChI is InChI=1S/C15H24N2O2/c1-4-14(18)12-5-7-13(8-6-12)17(9-11(2)3)10-15(16)19/h5-8,11,14,18H,4,9-10H2,1-3H3,(H2,16,19)/t14-/m1/s1. The molecular formula is C15H24N2O2. The van der Waals surface area contributed by atoms with Crippen LogP contribution in [0.25, 0.3) is 0 Å². The molecule has 0 saturated carbocycles. The largest absolute Gasteiger partial charge is 0.388 e. The van der Waals surface area contributed by atoms with Gasteiger partial charge in [0.15, 0.2) is 0 Å². The number of amides is 1. The monoisotopic (exact) mass is 264 g/mol. The van der Waals surface area contributed by atoms with Gasteiger partial charge in [-0.05, 0) is 30.0 Å². The molecule has 4 heteroatoms. The normalized spacial score (nSPS) is 12.5. The number of primary amides is 1. The van der Waals surface area contributed by atoms with Crippen LogP contribution in [0.1, 0.15) is 38.9 Å². The van der Waals surface area contributed by atoms with Crippen molar-refractivity contribution in [2.45, 2.75) is 33.3 Å². The summed E-state index contributed by atoms with van der Waals surface area (Å²) >= 11 is 0. The second kappa shape index (κ2) is 7.14. The first-order valence-electron chi connectivity index (χ1n) is 6.75. The Morgan fingerprint density at radius 3 is 2.32 bits per heavy atom. The van der Waals surface area contributed by atoms with Gasteiger partial charge in [-0.25, -0.2) is 0 Å². The molecule has 0 aliphatic rings. The van der Waals surface area contributed by atoms with E-state index in [4.69, 9.17) is 5.73 Å². The van der Waals surface area contributed by atoms with Crippen molar-refractivity contribution in [3.63, 3.8) is 0 Å². The zero-order valence-corrected chi connectivity index (χ0v) is 12.0. The SMILES string of the molecule is CC[C@@H](O)c1ccc(N(CC(N)=O)CC(C)C)cc1. The van der Waals surface area contributed by atoms with Crippen LogP contribution >= 0.6 is 0 Å². The van der Waals surface area contributed by atoms with E-state index in [2.05, 4.69) is 13.8 Å². The number of aliphatic hydroxyl groups excluding tert-OH is 1. The van der Waals surface area contributed by atoms with Crippen molar-refractivity contribution in [2.24, 2.45) is 11.7 Å². The molecule has 1 aromatic carbocycles. The molecule has 0 aliphatic carbocycles. The van der Waals surface area contributed by atoms with Crippen LogP contribution in [0.5, 0.6) is 0 Å². The highest BCUT2D eigenvalue weighted by molar-refractivity contribution is 5.79. The lowest BCUT2D eigenvalue weighted by molar-refractivity contribution is -0.116. The molecule has 19 heavy (non-hydrogen) atoms. The van der Waals surface area contributed by atoms with Gasteiger partial charge in [-0.1, -0.05) is 32.9 Å². The second-order valence-electron chi connectivity index (χ2n) is 5.26. The molecule has 0 aliphatic heterocycles. The van der Waals surface area contributed by atoms with Crippen LogP contribution < -0.4 is 10.6 Å². The molecule has 0 aromatic heterocycles. The van der Waals surface area contributed by atoms with Gasteiger partial charge in [0.25, 0.3) is 0 Å². The van der Waals surface area contributed by atoms with Crippen LogP contribution in [0.2, 0.25) is 0 Å². The molecule has 0 bridgehead atoms. The van der Waals surface area contributed by atoms with Crippen molar-refractivity contribution in [3.8, 4) is 0 Å². The summed E-state index contributed by atoms with van der Waals surface area (Å²) in [5.41, 5.74) is 7.14. The van der Waals surface area contributed by atoms with E-state index in [1.54, 1.807) is 0 Å². The number of benzene rings is 1. The van der Waals surface area contributed by atoms with Gasteiger partial charge in [0.2, 0.25) is 5.91 Å². The van der Waals surface area contributed by atoms with Crippen LogP contribution in [-0.4, -0.2) is 24.1 Å². The summed E-state index contributed by atoms with van der Waals surface area (Å²) in [5, 5.41) is 9.76. The lowest BCUT2D eigenvalue weighted by atomic mass is 10.1. The summed E-state index contributed by atoms with van der Waals surface area (Å²) in [7, 11) is 0. The fourth-order valence-corrected chi connectivity index (χ4v) is 2.03. The van der Waals surface area contributed by atoms with Gasteiger partial charge < -0.3 is 15.7 Å². The number of carbonyl (C=O) groups is 1. The average Bonchev–Trinajstić information content (AvgIpc) is 2.36. The van der Waals surface area contributed by atoms with Crippen molar-refractivity contribution in [2.75, 3.05) is 18.0 Å². The molecule has 3 N–H and O–H groups in total. The van der Waals surface area contributed by atoms with Crippen molar-refractivity contribution in [3.05, 3.63) is 29.8 Å². The van der Waals surface area contributed by atoms with E-state index < -0.39 is 6.10 Å². The third-order valence-corrected chi connectivity index (χ3v) is 2.96. The fraction of sp³-hybridized carbons (Fsp3) is 0.533. The molecule has 1 aromatic rings. The Labute approximate surface area is 115 Å². The van der Waals surface area contributed by atoms with Gasteiger partial charge in [0.05, 0.1) is 12.6 Å². The highest BCUT2D eigenvalue weighted by Gasteiger charge is 2.12. The minimum Gasteiger partial charge on any atom is -0.388 e. The summed E-state index contributed by atoms with van der Waals surface area (Å²) < 4.78 is 0. The van der Waals surface area contributed by atoms with Gasteiger partial charge >= 0.3 is 0 Å². The number of rotatable bonds is 7. The van der Waals surface area contributed by atoms with Crippen molar-refractivity contribution in [1.82, 2.24) is 0 Å². The maximum atomic E-state index is 11.1. The fourth-order valence-electron chi connectivity index (χ4n) is 2.03. The zero-order valence-electron chi connectivity index (χ0n) is 12.0. The molecule has 106 valence electrons. The molecular weight excluding hydrogens is 240 g/mol. The quantitative estimate of drug-likeness (QED) is 0.792. The molecule has 0 fully saturated rings. The topological polar surface area (TPSA) is 66.6 Å². The van der Waals surface area contributed by atoms with Crippen molar-refractivity contribution >= 4 is 11.6 Å². The molecule has 0 heterocycles. The first kappa shape index (κ1) is 15.5. The smallest absolute Gasteiger partial charge is 0.236 e. The molecule has 1 atom stereocenters. The summed E-state index contributed by atoms with van der Waals surface area (Å²) in [6.45, 7) is 7.13. The molecule has 0 unspecified atom stereocenters. The Morgan fingerprint density at radius 1 is 1.32 bits per heavy atom. The van der Waals surface area contributed by atoms with Crippen LogP contribution in [0.3, 0.4) is 0 Å². The number of nitrogens with two attached hydrogens (primary N) is 1.